The minimum atomic E-state index is -0.787. The number of hydrogen-bond donors (Lipinski definition) is 2. The first-order valence-electron chi connectivity index (χ1n) is 6.04. The summed E-state index contributed by atoms with van der Waals surface area (Å²) < 4.78 is 11.1. The van der Waals surface area contributed by atoms with Crippen LogP contribution in [0.4, 0.5) is 16.4 Å². The highest BCUT2D eigenvalue weighted by Gasteiger charge is 2.16. The Labute approximate surface area is 118 Å². The molecule has 0 spiro atoms. The number of nitrogens with one attached hydrogen (secondary N) is 2. The molecule has 9 nitrogen and oxygen atoms in total. The van der Waals surface area contributed by atoms with Gasteiger partial charge in [0.15, 0.2) is 11.6 Å². The fraction of sp³-hybridized carbons (Fsp3) is 0.167. The maximum absolute atomic E-state index is 11.2. The second-order valence-electron chi connectivity index (χ2n) is 4.17. The third kappa shape index (κ3) is 2.36. The van der Waals surface area contributed by atoms with Crippen molar-refractivity contribution in [3.05, 3.63) is 30.4 Å². The summed E-state index contributed by atoms with van der Waals surface area (Å²) >= 11 is 0. The molecule has 0 aliphatic carbocycles. The van der Waals surface area contributed by atoms with Gasteiger partial charge in [-0.3, -0.25) is 5.10 Å². The fourth-order valence-electron chi connectivity index (χ4n) is 1.92. The highest BCUT2D eigenvalue weighted by atomic mass is 16.7. The molecule has 0 aromatic carbocycles. The van der Waals surface area contributed by atoms with Gasteiger partial charge in [-0.25, -0.2) is 14.3 Å². The van der Waals surface area contributed by atoms with Gasteiger partial charge in [0.05, 0.1) is 19.5 Å². The molecule has 0 saturated carbocycles. The molecule has 108 valence electrons. The molecule has 3 heterocycles. The summed E-state index contributed by atoms with van der Waals surface area (Å²) in [4.78, 5) is 15.4. The molecule has 0 unspecified atom stereocenters. The van der Waals surface area contributed by atoms with Crippen molar-refractivity contribution in [1.82, 2.24) is 24.8 Å². The second-order valence-corrected chi connectivity index (χ2v) is 4.17. The molecule has 2 N–H and O–H groups in total. The summed E-state index contributed by atoms with van der Waals surface area (Å²) in [5, 5.41) is 13.8. The van der Waals surface area contributed by atoms with Crippen molar-refractivity contribution < 1.29 is 14.3 Å². The molecule has 0 amide bonds. The van der Waals surface area contributed by atoms with Crippen LogP contribution in [0.1, 0.15) is 5.56 Å². The third-order valence-electron chi connectivity index (χ3n) is 2.89. The second kappa shape index (κ2) is 5.12. The number of methoxy groups -OCH3 is 1. The Balaban J connectivity index is 2.03. The number of rotatable bonds is 3. The largest absolute Gasteiger partial charge is 0.513 e. The topological polar surface area (TPSA) is 106 Å². The van der Waals surface area contributed by atoms with Crippen molar-refractivity contribution in [1.29, 1.82) is 0 Å². The van der Waals surface area contributed by atoms with E-state index in [1.54, 1.807) is 29.9 Å². The van der Waals surface area contributed by atoms with Crippen molar-refractivity contribution in [2.24, 2.45) is 0 Å². The van der Waals surface area contributed by atoms with Crippen LogP contribution in [0, 0.1) is 6.92 Å². The van der Waals surface area contributed by atoms with Crippen LogP contribution in [0.15, 0.2) is 24.8 Å². The molecule has 0 aliphatic rings. The molecule has 0 bridgehead atoms. The Morgan fingerprint density at radius 1 is 1.48 bits per heavy atom. The molecule has 21 heavy (non-hydrogen) atoms. The van der Waals surface area contributed by atoms with Gasteiger partial charge >= 0.3 is 6.16 Å². The number of anilines is 2. The number of aromatic nitrogens is 5. The monoisotopic (exact) mass is 288 g/mol. The van der Waals surface area contributed by atoms with Crippen molar-refractivity contribution in [2.75, 3.05) is 12.4 Å². The Hall–Kier alpha value is -3.10. The van der Waals surface area contributed by atoms with E-state index in [1.807, 2.05) is 0 Å². The van der Waals surface area contributed by atoms with Crippen molar-refractivity contribution in [3.8, 4) is 5.75 Å². The maximum Gasteiger partial charge on any atom is 0.513 e. The minimum absolute atomic E-state index is 0.356. The first kappa shape index (κ1) is 12.9. The van der Waals surface area contributed by atoms with Crippen molar-refractivity contribution in [3.63, 3.8) is 0 Å². The summed E-state index contributed by atoms with van der Waals surface area (Å²) in [7, 11) is 1.25. The number of H-pyrrole nitrogens is 1. The van der Waals surface area contributed by atoms with Crippen LogP contribution < -0.4 is 10.1 Å². The fourth-order valence-corrected chi connectivity index (χ4v) is 1.92. The van der Waals surface area contributed by atoms with E-state index in [0.29, 0.717) is 28.5 Å². The Morgan fingerprint density at radius 3 is 3.05 bits per heavy atom. The zero-order valence-electron chi connectivity index (χ0n) is 11.3. The van der Waals surface area contributed by atoms with Crippen LogP contribution in [0.3, 0.4) is 0 Å². The lowest BCUT2D eigenvalue weighted by Gasteiger charge is -2.05. The number of fused-ring (bicyclic) bond motifs is 1. The van der Waals surface area contributed by atoms with Gasteiger partial charge in [-0.1, -0.05) is 0 Å². The smallest absolute Gasteiger partial charge is 0.437 e. The molecule has 0 radical (unpaired) electrons. The lowest BCUT2D eigenvalue weighted by molar-refractivity contribution is 0.121. The number of hydrogen-bond acceptors (Lipinski definition) is 7. The molecule has 0 atom stereocenters. The number of aryl methyl sites for hydroxylation is 1. The average molecular weight is 288 g/mol. The molecule has 3 aromatic heterocycles. The van der Waals surface area contributed by atoms with Gasteiger partial charge in [-0.2, -0.15) is 10.2 Å². The highest BCUT2D eigenvalue weighted by molar-refractivity contribution is 5.79. The lowest BCUT2D eigenvalue weighted by Crippen LogP contribution is -2.07. The van der Waals surface area contributed by atoms with Gasteiger partial charge in [-0.15, -0.1) is 0 Å². The number of carbonyl (C=O) groups excluding carboxylic acids is 1. The number of ether oxygens (including phenoxy) is 2. The molecule has 0 saturated heterocycles. The molecular formula is C12H12N6O3. The van der Waals surface area contributed by atoms with E-state index >= 15 is 0 Å². The van der Waals surface area contributed by atoms with E-state index in [2.05, 4.69) is 30.3 Å². The van der Waals surface area contributed by atoms with Gasteiger partial charge in [0.1, 0.15) is 17.7 Å². The van der Waals surface area contributed by atoms with Crippen LogP contribution in [-0.2, 0) is 4.74 Å². The van der Waals surface area contributed by atoms with Crippen LogP contribution >= 0.6 is 0 Å². The van der Waals surface area contributed by atoms with Crippen LogP contribution in [0.25, 0.3) is 5.52 Å². The average Bonchev–Trinajstić information content (AvgIpc) is 3.09. The number of nitrogens with zero attached hydrogens (tertiary/aromatic N) is 4. The van der Waals surface area contributed by atoms with Gasteiger partial charge in [0.25, 0.3) is 0 Å². The van der Waals surface area contributed by atoms with Crippen molar-refractivity contribution >= 4 is 23.3 Å². The first-order chi connectivity index (χ1) is 10.2. The summed E-state index contributed by atoms with van der Waals surface area (Å²) in [6.07, 6.45) is 3.82. The van der Waals surface area contributed by atoms with Gasteiger partial charge in [0.2, 0.25) is 0 Å². The first-order valence-corrected chi connectivity index (χ1v) is 6.04. The predicted molar refractivity (Wildman–Crippen MR) is 72.6 cm³/mol. The third-order valence-corrected chi connectivity index (χ3v) is 2.89. The molecule has 3 rings (SSSR count). The zero-order chi connectivity index (χ0) is 14.8. The Kier molecular flexibility index (Phi) is 3.14. The standard InChI is InChI=1S/C12H12N6O3/c1-7-8(21-12(19)20-2)5-18-10(7)11(13-6-15-18)16-9-3-4-14-17-9/h3-6H,1-2H3,(H2,13,14,15,16,17). The molecule has 3 aromatic rings. The molecular weight excluding hydrogens is 276 g/mol. The van der Waals surface area contributed by atoms with E-state index in [0.717, 1.165) is 0 Å². The van der Waals surface area contributed by atoms with E-state index < -0.39 is 6.16 Å². The molecule has 9 heteroatoms. The van der Waals surface area contributed by atoms with E-state index in [-0.39, 0.29) is 0 Å². The predicted octanol–water partition coefficient (Wildman–Crippen LogP) is 1.65. The van der Waals surface area contributed by atoms with Crippen molar-refractivity contribution in [2.45, 2.75) is 6.92 Å². The molecule has 0 fully saturated rings. The zero-order valence-corrected chi connectivity index (χ0v) is 11.3. The van der Waals surface area contributed by atoms with E-state index in [1.165, 1.54) is 13.4 Å². The van der Waals surface area contributed by atoms with E-state index in [4.69, 9.17) is 4.74 Å². The van der Waals surface area contributed by atoms with Gasteiger partial charge < -0.3 is 14.8 Å². The normalized spacial score (nSPS) is 10.6. The minimum Gasteiger partial charge on any atom is -0.437 e. The summed E-state index contributed by atoms with van der Waals surface area (Å²) in [6.45, 7) is 1.80. The summed E-state index contributed by atoms with van der Waals surface area (Å²) in [5.41, 5.74) is 1.40. The Morgan fingerprint density at radius 2 is 2.33 bits per heavy atom. The SMILES string of the molecule is COC(=O)Oc1cn2ncnc(Nc3ccn[nH]3)c2c1C. The van der Waals surface area contributed by atoms with Crippen LogP contribution in [0.5, 0.6) is 5.75 Å². The molecule has 0 aliphatic heterocycles. The number of carbonyl (C=O) groups is 1. The van der Waals surface area contributed by atoms with Crippen LogP contribution in [0.2, 0.25) is 0 Å². The summed E-state index contributed by atoms with van der Waals surface area (Å²) in [6, 6.07) is 1.77. The lowest BCUT2D eigenvalue weighted by atomic mass is 10.3. The maximum atomic E-state index is 11.2. The Bertz CT molecular complexity index is 780. The van der Waals surface area contributed by atoms with Crippen LogP contribution in [-0.4, -0.2) is 38.1 Å². The number of aromatic amines is 1. The summed E-state index contributed by atoms with van der Waals surface area (Å²) in [5.74, 6) is 1.60. The highest BCUT2D eigenvalue weighted by Crippen LogP contribution is 2.29. The van der Waals surface area contributed by atoms with Gasteiger partial charge in [0, 0.05) is 11.6 Å². The van der Waals surface area contributed by atoms with E-state index in [9.17, 15) is 4.79 Å². The van der Waals surface area contributed by atoms with Gasteiger partial charge in [-0.05, 0) is 6.92 Å². The quantitative estimate of drug-likeness (QED) is 0.705.